The van der Waals surface area contributed by atoms with E-state index in [2.05, 4.69) is 36.1 Å². The van der Waals surface area contributed by atoms with Crippen LogP contribution >= 0.6 is 11.8 Å². The summed E-state index contributed by atoms with van der Waals surface area (Å²) in [6, 6.07) is 11.5. The van der Waals surface area contributed by atoms with Crippen molar-refractivity contribution < 1.29 is 9.59 Å². The molecule has 1 amide bonds. The Kier molecular flexibility index (Phi) is 4.77. The van der Waals surface area contributed by atoms with E-state index in [1.54, 1.807) is 11.2 Å². The molecule has 144 valence electrons. The predicted molar refractivity (Wildman–Crippen MR) is 111 cm³/mol. The Morgan fingerprint density at radius 2 is 2.00 bits per heavy atom. The second kappa shape index (κ2) is 7.24. The third-order valence-corrected chi connectivity index (χ3v) is 6.32. The van der Waals surface area contributed by atoms with E-state index in [1.165, 1.54) is 17.3 Å². The van der Waals surface area contributed by atoms with Crippen LogP contribution in [0.25, 0.3) is 0 Å². The molecular weight excluding hydrogens is 372 g/mol. The van der Waals surface area contributed by atoms with E-state index in [4.69, 9.17) is 0 Å². The predicted octanol–water partition coefficient (Wildman–Crippen LogP) is 3.81. The summed E-state index contributed by atoms with van der Waals surface area (Å²) in [6.07, 6.45) is 1.88. The second-order valence-corrected chi connectivity index (χ2v) is 8.10. The van der Waals surface area contributed by atoms with Crippen LogP contribution in [-0.4, -0.2) is 12.2 Å². The summed E-state index contributed by atoms with van der Waals surface area (Å²) in [4.78, 5) is 24.7. The zero-order valence-corrected chi connectivity index (χ0v) is 16.8. The largest absolute Gasteiger partial charge is 0.305 e. The first-order valence-corrected chi connectivity index (χ1v) is 10.1. The first-order chi connectivity index (χ1) is 13.5. The van der Waals surface area contributed by atoms with Gasteiger partial charge in [-0.1, -0.05) is 37.7 Å². The van der Waals surface area contributed by atoms with Gasteiger partial charge < -0.3 is 5.32 Å². The van der Waals surface area contributed by atoms with E-state index < -0.39 is 0 Å². The number of hydrogen-bond donors (Lipinski definition) is 3. The maximum Gasteiger partial charge on any atom is 0.259 e. The van der Waals surface area contributed by atoms with Gasteiger partial charge in [-0.15, -0.1) is 0 Å². The molecule has 1 unspecified atom stereocenters. The van der Waals surface area contributed by atoms with Crippen LogP contribution in [0.15, 0.2) is 52.1 Å². The normalized spacial score (nSPS) is 16.0. The second-order valence-electron chi connectivity index (χ2n) is 7.05. The third kappa shape index (κ3) is 3.22. The molecule has 7 heteroatoms. The molecule has 1 atom stereocenters. The number of anilines is 1. The van der Waals surface area contributed by atoms with Gasteiger partial charge >= 0.3 is 0 Å². The number of carbonyl (C=O) groups is 2. The number of hydrazine groups is 2. The number of amides is 1. The number of fused-ring (bicyclic) bond motifs is 4. The minimum absolute atomic E-state index is 0.136. The average Bonchev–Trinajstić information content (AvgIpc) is 3.03. The fourth-order valence-corrected chi connectivity index (χ4v) is 4.16. The van der Waals surface area contributed by atoms with Gasteiger partial charge in [-0.25, -0.2) is 0 Å². The van der Waals surface area contributed by atoms with Crippen molar-refractivity contribution in [1.29, 1.82) is 0 Å². The van der Waals surface area contributed by atoms with Gasteiger partial charge in [0.25, 0.3) is 5.91 Å². The lowest BCUT2D eigenvalue weighted by atomic mass is 9.96. The Morgan fingerprint density at radius 3 is 2.71 bits per heavy atom. The molecule has 0 aromatic heterocycles. The number of benzene rings is 2. The van der Waals surface area contributed by atoms with E-state index in [0.717, 1.165) is 33.9 Å². The number of thioether (sulfide) groups is 1. The minimum Gasteiger partial charge on any atom is -0.305 e. The quantitative estimate of drug-likeness (QED) is 0.670. The number of aryl methyl sites for hydroxylation is 1. The molecule has 3 N–H and O–H groups in total. The fourth-order valence-electron chi connectivity index (χ4n) is 3.25. The van der Waals surface area contributed by atoms with Gasteiger partial charge in [0.1, 0.15) is 11.3 Å². The summed E-state index contributed by atoms with van der Waals surface area (Å²) in [7, 11) is 0. The SMILES string of the molecule is CCC(C)c1ccc2c(c1)N1NC(=C(Sc3ccc(C=O)cc3C)N1)NC2=O. The molecule has 0 fully saturated rings. The van der Waals surface area contributed by atoms with Crippen LogP contribution < -0.4 is 21.3 Å². The number of nitrogens with zero attached hydrogens (tertiary/aromatic N) is 1. The summed E-state index contributed by atoms with van der Waals surface area (Å²) in [6.45, 7) is 6.30. The van der Waals surface area contributed by atoms with E-state index in [1.807, 2.05) is 31.2 Å². The number of rotatable bonds is 5. The molecule has 2 bridgehead atoms. The van der Waals surface area contributed by atoms with Gasteiger partial charge in [0, 0.05) is 10.5 Å². The monoisotopic (exact) mass is 394 g/mol. The molecule has 28 heavy (non-hydrogen) atoms. The van der Waals surface area contributed by atoms with Crippen molar-refractivity contribution in [2.24, 2.45) is 0 Å². The number of hydrogen-bond acceptors (Lipinski definition) is 6. The lowest BCUT2D eigenvalue weighted by Gasteiger charge is -2.22. The van der Waals surface area contributed by atoms with E-state index in [-0.39, 0.29) is 5.91 Å². The molecule has 4 rings (SSSR count). The summed E-state index contributed by atoms with van der Waals surface area (Å²) in [5.41, 5.74) is 10.8. The smallest absolute Gasteiger partial charge is 0.259 e. The van der Waals surface area contributed by atoms with Gasteiger partial charge in [-0.2, -0.15) is 5.12 Å². The first kappa shape index (κ1) is 18.4. The maximum absolute atomic E-state index is 12.7. The highest BCUT2D eigenvalue weighted by molar-refractivity contribution is 8.03. The van der Waals surface area contributed by atoms with Crippen LogP contribution in [0.4, 0.5) is 5.69 Å². The van der Waals surface area contributed by atoms with E-state index in [0.29, 0.717) is 22.9 Å². The maximum atomic E-state index is 12.7. The summed E-state index contributed by atoms with van der Waals surface area (Å²) < 4.78 is 0. The Balaban J connectivity index is 1.64. The zero-order chi connectivity index (χ0) is 19.8. The molecule has 2 aromatic rings. The Hall–Kier alpha value is -2.93. The number of nitrogens with one attached hydrogen (secondary N) is 3. The van der Waals surface area contributed by atoms with Crippen molar-refractivity contribution in [2.75, 3.05) is 5.12 Å². The number of carbonyl (C=O) groups excluding carboxylic acids is 2. The van der Waals surface area contributed by atoms with Crippen molar-refractivity contribution in [2.45, 2.75) is 38.0 Å². The standard InChI is InChI=1S/C21H22N4O2S/c1-4-12(2)15-6-7-16-17(10-15)25-23-19(22-20(16)27)21(24-25)28-18-8-5-14(11-26)9-13(18)3/h5-12,23-24H,4H2,1-3H3,(H,22,27). The average molecular weight is 395 g/mol. The highest BCUT2D eigenvalue weighted by atomic mass is 32.2. The molecule has 0 aliphatic carbocycles. The molecule has 0 radical (unpaired) electrons. The van der Waals surface area contributed by atoms with Crippen molar-refractivity contribution in [3.8, 4) is 0 Å². The first-order valence-electron chi connectivity index (χ1n) is 9.27. The van der Waals surface area contributed by atoms with Crippen molar-refractivity contribution in [3.63, 3.8) is 0 Å². The van der Waals surface area contributed by atoms with Crippen LogP contribution in [0.3, 0.4) is 0 Å². The van der Waals surface area contributed by atoms with Gasteiger partial charge in [0.2, 0.25) is 0 Å². The lowest BCUT2D eigenvalue weighted by molar-refractivity contribution is 0.0966. The van der Waals surface area contributed by atoms with Crippen LogP contribution in [0.1, 0.15) is 58.0 Å². The Bertz CT molecular complexity index is 1000. The van der Waals surface area contributed by atoms with Crippen molar-refractivity contribution in [1.82, 2.24) is 16.2 Å². The van der Waals surface area contributed by atoms with Crippen LogP contribution in [0.2, 0.25) is 0 Å². The molecule has 0 saturated carbocycles. The highest BCUT2D eigenvalue weighted by Gasteiger charge is 2.31. The van der Waals surface area contributed by atoms with Gasteiger partial charge in [0.05, 0.1) is 11.3 Å². The molecule has 2 aliphatic rings. The molecule has 2 aromatic carbocycles. The third-order valence-electron chi connectivity index (χ3n) is 5.14. The summed E-state index contributed by atoms with van der Waals surface area (Å²) in [5.74, 6) is 0.901. The topological polar surface area (TPSA) is 73.5 Å². The van der Waals surface area contributed by atoms with E-state index in [9.17, 15) is 9.59 Å². The molecule has 6 nitrogen and oxygen atoms in total. The van der Waals surface area contributed by atoms with Gasteiger partial charge in [-0.05, 0) is 54.7 Å². The highest BCUT2D eigenvalue weighted by Crippen LogP contribution is 2.35. The molecule has 2 heterocycles. The summed E-state index contributed by atoms with van der Waals surface area (Å²) in [5, 5.41) is 5.53. The van der Waals surface area contributed by atoms with Crippen LogP contribution in [0, 0.1) is 6.92 Å². The van der Waals surface area contributed by atoms with Gasteiger partial charge in [0.15, 0.2) is 5.82 Å². The molecular formula is C21H22N4O2S. The Morgan fingerprint density at radius 1 is 1.18 bits per heavy atom. The summed E-state index contributed by atoms with van der Waals surface area (Å²) >= 11 is 1.51. The van der Waals surface area contributed by atoms with E-state index >= 15 is 0 Å². The van der Waals surface area contributed by atoms with Crippen molar-refractivity contribution >= 4 is 29.6 Å². The number of aldehydes is 1. The minimum atomic E-state index is -0.136. The Labute approximate surface area is 168 Å². The van der Waals surface area contributed by atoms with Crippen LogP contribution in [0.5, 0.6) is 0 Å². The molecule has 0 spiro atoms. The van der Waals surface area contributed by atoms with Gasteiger partial charge in [-0.3, -0.25) is 20.4 Å². The van der Waals surface area contributed by atoms with Crippen LogP contribution in [-0.2, 0) is 0 Å². The van der Waals surface area contributed by atoms with Crippen molar-refractivity contribution in [3.05, 3.63) is 69.5 Å². The lowest BCUT2D eigenvalue weighted by Crippen LogP contribution is -2.40. The molecule has 0 saturated heterocycles. The fraction of sp³-hybridized carbons (Fsp3) is 0.238. The zero-order valence-electron chi connectivity index (χ0n) is 16.0. The molecule has 2 aliphatic heterocycles.